The minimum atomic E-state index is 0.0628. The van der Waals surface area contributed by atoms with Crippen molar-refractivity contribution in [1.82, 2.24) is 4.90 Å². The lowest BCUT2D eigenvalue weighted by Crippen LogP contribution is -2.45. The van der Waals surface area contributed by atoms with Crippen LogP contribution < -0.4 is 0 Å². The molecule has 110 valence electrons. The van der Waals surface area contributed by atoms with Crippen molar-refractivity contribution in [3.05, 3.63) is 21.4 Å². The second kappa shape index (κ2) is 6.27. The predicted octanol–water partition coefficient (Wildman–Crippen LogP) is 3.00. The molecule has 0 radical (unpaired) electrons. The fourth-order valence-electron chi connectivity index (χ4n) is 3.17. The molecule has 20 heavy (non-hydrogen) atoms. The van der Waals surface area contributed by atoms with E-state index in [0.29, 0.717) is 12.6 Å². The number of hydrogen-bond acceptors (Lipinski definition) is 3. The molecule has 0 spiro atoms. The van der Waals surface area contributed by atoms with E-state index < -0.39 is 0 Å². The molecule has 0 atom stereocenters. The lowest BCUT2D eigenvalue weighted by atomic mass is 9.91. The first-order valence-corrected chi connectivity index (χ1v) is 8.64. The Morgan fingerprint density at radius 3 is 2.75 bits per heavy atom. The molecule has 2 aliphatic carbocycles. The van der Waals surface area contributed by atoms with Crippen LogP contribution in [0.5, 0.6) is 0 Å². The van der Waals surface area contributed by atoms with Crippen LogP contribution in [0.15, 0.2) is 6.07 Å². The van der Waals surface area contributed by atoms with Crippen LogP contribution >= 0.6 is 11.3 Å². The highest BCUT2D eigenvalue weighted by Crippen LogP contribution is 2.32. The summed E-state index contributed by atoms with van der Waals surface area (Å²) in [4.78, 5) is 16.9. The predicted molar refractivity (Wildman–Crippen MR) is 81.3 cm³/mol. The highest BCUT2D eigenvalue weighted by Gasteiger charge is 2.30. The number of carbonyl (C=O) groups is 1. The molecule has 0 unspecified atom stereocenters. The number of thiophene rings is 1. The molecular formula is C16H23NO2S. The minimum absolute atomic E-state index is 0.0628. The number of aryl methyl sites for hydroxylation is 2. The van der Waals surface area contributed by atoms with Gasteiger partial charge in [-0.2, -0.15) is 0 Å². The lowest BCUT2D eigenvalue weighted by molar-refractivity contribution is 0.0530. The molecule has 3 rings (SSSR count). The molecule has 1 fully saturated rings. The van der Waals surface area contributed by atoms with Crippen molar-refractivity contribution < 1.29 is 9.90 Å². The number of carbonyl (C=O) groups excluding carboxylic acids is 1. The molecule has 1 aromatic rings. The number of aliphatic hydroxyl groups is 1. The van der Waals surface area contributed by atoms with Gasteiger partial charge in [-0.1, -0.05) is 6.42 Å². The summed E-state index contributed by atoms with van der Waals surface area (Å²) >= 11 is 1.69. The second-order valence-electron chi connectivity index (χ2n) is 5.93. The van der Waals surface area contributed by atoms with Gasteiger partial charge in [0, 0.05) is 17.5 Å². The van der Waals surface area contributed by atoms with Crippen molar-refractivity contribution in [1.29, 1.82) is 0 Å². The Bertz CT molecular complexity index is 455. The Labute approximate surface area is 124 Å². The van der Waals surface area contributed by atoms with Crippen LogP contribution in [-0.4, -0.2) is 35.1 Å². The van der Waals surface area contributed by atoms with E-state index in [-0.39, 0.29) is 12.5 Å². The topological polar surface area (TPSA) is 40.5 Å². The largest absolute Gasteiger partial charge is 0.395 e. The van der Waals surface area contributed by atoms with E-state index >= 15 is 0 Å². The average molecular weight is 293 g/mol. The fourth-order valence-corrected chi connectivity index (χ4v) is 4.38. The van der Waals surface area contributed by atoms with Gasteiger partial charge in [0.25, 0.3) is 5.91 Å². The average Bonchev–Trinajstić information content (AvgIpc) is 2.67. The second-order valence-corrected chi connectivity index (χ2v) is 7.06. The zero-order valence-corrected chi connectivity index (χ0v) is 12.8. The van der Waals surface area contributed by atoms with Crippen LogP contribution in [-0.2, 0) is 12.8 Å². The number of nitrogens with zero attached hydrogens (tertiary/aromatic N) is 1. The number of hydrogen-bond donors (Lipinski definition) is 1. The quantitative estimate of drug-likeness (QED) is 0.867. The van der Waals surface area contributed by atoms with Gasteiger partial charge in [0.2, 0.25) is 0 Å². The van der Waals surface area contributed by atoms with E-state index in [9.17, 15) is 9.90 Å². The molecule has 1 amide bonds. The van der Waals surface area contributed by atoms with Crippen molar-refractivity contribution in [2.24, 2.45) is 0 Å². The summed E-state index contributed by atoms with van der Waals surface area (Å²) in [5.41, 5.74) is 1.40. The molecule has 3 nitrogen and oxygen atoms in total. The molecule has 0 bridgehead atoms. The first kappa shape index (κ1) is 14.1. The Balaban J connectivity index is 1.78. The summed E-state index contributed by atoms with van der Waals surface area (Å²) in [6.45, 7) is 0.541. The first-order valence-electron chi connectivity index (χ1n) is 7.83. The molecule has 1 aromatic heterocycles. The van der Waals surface area contributed by atoms with Crippen LogP contribution in [0.3, 0.4) is 0 Å². The SMILES string of the molecule is O=C(c1cc2c(s1)CCCCC2)N(CCO)C1CCC1. The standard InChI is InChI=1S/C16H23NO2S/c18-10-9-17(13-6-4-7-13)16(19)15-11-12-5-2-1-3-8-14(12)20-15/h11,13,18H,1-10H2. The van der Waals surface area contributed by atoms with Crippen molar-refractivity contribution >= 4 is 17.2 Å². The van der Waals surface area contributed by atoms with E-state index in [1.807, 2.05) is 4.90 Å². The fraction of sp³-hybridized carbons (Fsp3) is 0.688. The Hall–Kier alpha value is -0.870. The first-order chi connectivity index (χ1) is 9.79. The third kappa shape index (κ3) is 2.77. The molecule has 1 saturated carbocycles. The Kier molecular flexibility index (Phi) is 4.41. The maximum atomic E-state index is 12.7. The van der Waals surface area contributed by atoms with Gasteiger partial charge >= 0.3 is 0 Å². The van der Waals surface area contributed by atoms with Crippen LogP contribution in [0.1, 0.15) is 58.6 Å². The third-order valence-electron chi connectivity index (χ3n) is 4.57. The molecule has 2 aliphatic rings. The van der Waals surface area contributed by atoms with Crippen LogP contribution in [0, 0.1) is 0 Å². The Morgan fingerprint density at radius 1 is 1.25 bits per heavy atom. The van der Waals surface area contributed by atoms with Crippen molar-refractivity contribution in [2.45, 2.75) is 57.4 Å². The van der Waals surface area contributed by atoms with Gasteiger partial charge < -0.3 is 10.0 Å². The smallest absolute Gasteiger partial charge is 0.264 e. The van der Waals surface area contributed by atoms with Crippen LogP contribution in [0.4, 0.5) is 0 Å². The highest BCUT2D eigenvalue weighted by atomic mass is 32.1. The van der Waals surface area contributed by atoms with E-state index in [1.54, 1.807) is 11.3 Å². The monoisotopic (exact) mass is 293 g/mol. The normalized spacial score (nSPS) is 19.1. The lowest BCUT2D eigenvalue weighted by Gasteiger charge is -2.37. The van der Waals surface area contributed by atoms with Gasteiger partial charge in [0.15, 0.2) is 0 Å². The summed E-state index contributed by atoms with van der Waals surface area (Å²) in [5.74, 6) is 0.141. The van der Waals surface area contributed by atoms with Gasteiger partial charge in [-0.3, -0.25) is 4.79 Å². The zero-order valence-electron chi connectivity index (χ0n) is 11.9. The van der Waals surface area contributed by atoms with Crippen LogP contribution in [0.2, 0.25) is 0 Å². The molecule has 0 aliphatic heterocycles. The summed E-state index contributed by atoms with van der Waals surface area (Å²) in [5, 5.41) is 9.21. The minimum Gasteiger partial charge on any atom is -0.395 e. The number of amides is 1. The maximum absolute atomic E-state index is 12.7. The van der Waals surface area contributed by atoms with E-state index in [0.717, 1.165) is 30.6 Å². The van der Waals surface area contributed by atoms with Gasteiger partial charge in [0.05, 0.1) is 11.5 Å². The number of aliphatic hydroxyl groups excluding tert-OH is 1. The number of fused-ring (bicyclic) bond motifs is 1. The Morgan fingerprint density at radius 2 is 2.05 bits per heavy atom. The van der Waals surface area contributed by atoms with E-state index in [2.05, 4.69) is 6.07 Å². The highest BCUT2D eigenvalue weighted by molar-refractivity contribution is 7.14. The molecule has 0 saturated heterocycles. The van der Waals surface area contributed by atoms with Crippen LogP contribution in [0.25, 0.3) is 0 Å². The maximum Gasteiger partial charge on any atom is 0.264 e. The van der Waals surface area contributed by atoms with Crippen molar-refractivity contribution in [3.63, 3.8) is 0 Å². The van der Waals surface area contributed by atoms with Gasteiger partial charge in [-0.05, 0) is 56.6 Å². The number of rotatable bonds is 4. The van der Waals surface area contributed by atoms with Gasteiger partial charge in [0.1, 0.15) is 0 Å². The molecular weight excluding hydrogens is 270 g/mol. The van der Waals surface area contributed by atoms with Gasteiger partial charge in [-0.25, -0.2) is 0 Å². The van der Waals surface area contributed by atoms with E-state index in [4.69, 9.17) is 0 Å². The summed E-state index contributed by atoms with van der Waals surface area (Å²) in [7, 11) is 0. The van der Waals surface area contributed by atoms with Crippen molar-refractivity contribution in [2.75, 3.05) is 13.2 Å². The van der Waals surface area contributed by atoms with Gasteiger partial charge in [-0.15, -0.1) is 11.3 Å². The summed E-state index contributed by atoms with van der Waals surface area (Å²) < 4.78 is 0. The molecule has 4 heteroatoms. The van der Waals surface area contributed by atoms with Crippen molar-refractivity contribution in [3.8, 4) is 0 Å². The molecule has 1 heterocycles. The summed E-state index contributed by atoms with van der Waals surface area (Å²) in [6, 6.07) is 2.48. The zero-order chi connectivity index (χ0) is 13.9. The third-order valence-corrected chi connectivity index (χ3v) is 5.80. The molecule has 1 N–H and O–H groups in total. The molecule has 0 aromatic carbocycles. The van der Waals surface area contributed by atoms with E-state index in [1.165, 1.54) is 36.1 Å². The summed E-state index contributed by atoms with van der Waals surface area (Å²) in [6.07, 6.45) is 9.47.